The van der Waals surface area contributed by atoms with E-state index in [1.807, 2.05) is 26.1 Å². The second kappa shape index (κ2) is 4.79. The summed E-state index contributed by atoms with van der Waals surface area (Å²) in [5.41, 5.74) is 1.66. The number of hydrogen-bond acceptors (Lipinski definition) is 3. The molecule has 1 aliphatic carbocycles. The maximum Gasteiger partial charge on any atom is 0.126 e. The molecule has 1 unspecified atom stereocenters. The quantitative estimate of drug-likeness (QED) is 0.908. The number of rotatable bonds is 4. The van der Waals surface area contributed by atoms with E-state index in [0.717, 1.165) is 29.7 Å². The molecular weight excluding hydrogens is 248 g/mol. The van der Waals surface area contributed by atoms with E-state index >= 15 is 0 Å². The summed E-state index contributed by atoms with van der Waals surface area (Å²) < 4.78 is 5.47. The molecule has 0 radical (unpaired) electrons. The molecule has 0 aromatic heterocycles. The first-order valence-electron chi connectivity index (χ1n) is 6.00. The summed E-state index contributed by atoms with van der Waals surface area (Å²) in [6.07, 6.45) is 1.84. The lowest BCUT2D eigenvalue weighted by Gasteiger charge is -2.24. The van der Waals surface area contributed by atoms with Crippen LogP contribution in [-0.2, 0) is 0 Å². The van der Waals surface area contributed by atoms with Crippen molar-refractivity contribution >= 4 is 11.6 Å². The van der Waals surface area contributed by atoms with Crippen molar-refractivity contribution in [2.24, 2.45) is 5.41 Å². The van der Waals surface area contributed by atoms with Gasteiger partial charge in [0, 0.05) is 10.6 Å². The van der Waals surface area contributed by atoms with Crippen molar-refractivity contribution in [2.45, 2.75) is 25.8 Å². The minimum absolute atomic E-state index is 0.0325. The largest absolute Gasteiger partial charge is 0.496 e. The molecule has 18 heavy (non-hydrogen) atoms. The van der Waals surface area contributed by atoms with Gasteiger partial charge in [-0.15, -0.1) is 0 Å². The zero-order valence-corrected chi connectivity index (χ0v) is 11.6. The zero-order valence-electron chi connectivity index (χ0n) is 10.9. The van der Waals surface area contributed by atoms with E-state index < -0.39 is 0 Å². The molecular formula is C14H17ClN2O. The molecule has 0 aliphatic heterocycles. The van der Waals surface area contributed by atoms with Crippen LogP contribution in [0.4, 0.5) is 0 Å². The molecule has 1 aromatic rings. The Morgan fingerprint density at radius 2 is 2.17 bits per heavy atom. The van der Waals surface area contributed by atoms with Crippen LogP contribution in [0.5, 0.6) is 5.75 Å². The van der Waals surface area contributed by atoms with E-state index in [9.17, 15) is 5.26 Å². The van der Waals surface area contributed by atoms with Gasteiger partial charge in [-0.1, -0.05) is 11.6 Å². The highest BCUT2D eigenvalue weighted by molar-refractivity contribution is 6.30. The summed E-state index contributed by atoms with van der Waals surface area (Å²) in [6.45, 7) is 1.97. The van der Waals surface area contributed by atoms with Gasteiger partial charge in [-0.25, -0.2) is 0 Å². The van der Waals surface area contributed by atoms with Gasteiger partial charge in [-0.2, -0.15) is 5.26 Å². The first kappa shape index (κ1) is 13.2. The predicted octanol–water partition coefficient (Wildman–Crippen LogP) is 3.22. The highest BCUT2D eigenvalue weighted by Crippen LogP contribution is 2.56. The van der Waals surface area contributed by atoms with Gasteiger partial charge in [0.05, 0.1) is 24.6 Å². The summed E-state index contributed by atoms with van der Waals surface area (Å²) in [7, 11) is 3.52. The smallest absolute Gasteiger partial charge is 0.126 e. The van der Waals surface area contributed by atoms with E-state index in [1.54, 1.807) is 7.11 Å². The summed E-state index contributed by atoms with van der Waals surface area (Å²) in [5.74, 6) is 0.820. The summed E-state index contributed by atoms with van der Waals surface area (Å²) in [6, 6.07) is 6.17. The van der Waals surface area contributed by atoms with E-state index in [4.69, 9.17) is 16.3 Å². The maximum absolute atomic E-state index is 9.36. The van der Waals surface area contributed by atoms with Crippen molar-refractivity contribution in [2.75, 3.05) is 14.2 Å². The van der Waals surface area contributed by atoms with Gasteiger partial charge in [0.1, 0.15) is 5.75 Å². The van der Waals surface area contributed by atoms with E-state index in [1.165, 1.54) is 0 Å². The van der Waals surface area contributed by atoms with Crippen molar-refractivity contribution in [3.8, 4) is 11.8 Å². The predicted molar refractivity (Wildman–Crippen MR) is 71.8 cm³/mol. The van der Waals surface area contributed by atoms with Crippen molar-refractivity contribution in [1.82, 2.24) is 5.32 Å². The Balaban J connectivity index is 2.52. The van der Waals surface area contributed by atoms with Crippen LogP contribution in [-0.4, -0.2) is 14.2 Å². The molecule has 0 bridgehead atoms. The Hall–Kier alpha value is -1.24. The SMILES string of the molecule is CNC(c1cc(Cl)cc(C)c1OC)C1(C#N)CC1. The highest BCUT2D eigenvalue weighted by atomic mass is 35.5. The molecule has 0 spiro atoms. The van der Waals surface area contributed by atoms with Crippen LogP contribution in [0.1, 0.15) is 30.0 Å². The van der Waals surface area contributed by atoms with Crippen molar-refractivity contribution in [3.05, 3.63) is 28.3 Å². The fourth-order valence-corrected chi connectivity index (χ4v) is 2.86. The minimum atomic E-state index is -0.306. The zero-order chi connectivity index (χ0) is 13.3. The summed E-state index contributed by atoms with van der Waals surface area (Å²) >= 11 is 6.13. The Labute approximate surface area is 113 Å². The number of methoxy groups -OCH3 is 1. The van der Waals surface area contributed by atoms with Gasteiger partial charge < -0.3 is 10.1 Å². The Bertz CT molecular complexity index is 503. The molecule has 3 nitrogen and oxygen atoms in total. The molecule has 1 atom stereocenters. The van der Waals surface area contributed by atoms with Crippen LogP contribution in [0.15, 0.2) is 12.1 Å². The van der Waals surface area contributed by atoms with Crippen LogP contribution in [0.2, 0.25) is 5.02 Å². The van der Waals surface area contributed by atoms with Gasteiger partial charge in [-0.05, 0) is 44.5 Å². The van der Waals surface area contributed by atoms with Crippen LogP contribution in [0, 0.1) is 23.7 Å². The molecule has 1 aromatic carbocycles. The highest BCUT2D eigenvalue weighted by Gasteiger charge is 2.51. The second-order valence-corrected chi connectivity index (χ2v) is 5.27. The van der Waals surface area contributed by atoms with Crippen LogP contribution in [0.25, 0.3) is 0 Å². The number of halogens is 1. The van der Waals surface area contributed by atoms with Gasteiger partial charge in [0.25, 0.3) is 0 Å². The first-order valence-corrected chi connectivity index (χ1v) is 6.38. The lowest BCUT2D eigenvalue weighted by atomic mass is 9.89. The number of hydrogen-bond donors (Lipinski definition) is 1. The third-order valence-electron chi connectivity index (χ3n) is 3.64. The van der Waals surface area contributed by atoms with Crippen molar-refractivity contribution < 1.29 is 4.74 Å². The second-order valence-electron chi connectivity index (χ2n) is 4.83. The Morgan fingerprint density at radius 3 is 2.61 bits per heavy atom. The number of nitrogens with one attached hydrogen (secondary N) is 1. The molecule has 0 saturated heterocycles. The summed E-state index contributed by atoms with van der Waals surface area (Å²) in [4.78, 5) is 0. The van der Waals surface area contributed by atoms with Crippen LogP contribution < -0.4 is 10.1 Å². The maximum atomic E-state index is 9.36. The van der Waals surface area contributed by atoms with Crippen LogP contribution in [0.3, 0.4) is 0 Å². The minimum Gasteiger partial charge on any atom is -0.496 e. The van der Waals surface area contributed by atoms with Gasteiger partial charge in [0.15, 0.2) is 0 Å². The lowest BCUT2D eigenvalue weighted by Crippen LogP contribution is -2.26. The number of ether oxygens (including phenoxy) is 1. The molecule has 1 aliphatic rings. The standard InChI is InChI=1S/C14H17ClN2O/c1-9-6-10(15)7-11(12(9)18-3)13(17-2)14(8-16)4-5-14/h6-7,13,17H,4-5H2,1-3H3. The average molecular weight is 265 g/mol. The Morgan fingerprint density at radius 1 is 1.50 bits per heavy atom. The topological polar surface area (TPSA) is 45.0 Å². The van der Waals surface area contributed by atoms with E-state index in [-0.39, 0.29) is 11.5 Å². The van der Waals surface area contributed by atoms with E-state index in [0.29, 0.717) is 5.02 Å². The molecule has 96 valence electrons. The summed E-state index contributed by atoms with van der Waals surface area (Å²) in [5, 5.41) is 13.3. The fourth-order valence-electron chi connectivity index (χ4n) is 2.58. The third-order valence-corrected chi connectivity index (χ3v) is 3.85. The monoisotopic (exact) mass is 264 g/mol. The number of nitriles is 1. The third kappa shape index (κ3) is 2.07. The molecule has 0 amide bonds. The Kier molecular flexibility index (Phi) is 3.52. The van der Waals surface area contributed by atoms with Crippen molar-refractivity contribution in [1.29, 1.82) is 5.26 Å². The average Bonchev–Trinajstić information content (AvgIpc) is 3.10. The van der Waals surface area contributed by atoms with Gasteiger partial charge in [-0.3, -0.25) is 0 Å². The fraction of sp³-hybridized carbons (Fsp3) is 0.500. The number of aryl methyl sites for hydroxylation is 1. The molecule has 1 saturated carbocycles. The molecule has 1 fully saturated rings. The molecule has 0 heterocycles. The lowest BCUT2D eigenvalue weighted by molar-refractivity contribution is 0.378. The van der Waals surface area contributed by atoms with Crippen molar-refractivity contribution in [3.63, 3.8) is 0 Å². The molecule has 1 N–H and O–H groups in total. The normalized spacial score (nSPS) is 17.9. The molecule has 2 rings (SSSR count). The number of benzene rings is 1. The first-order chi connectivity index (χ1) is 8.57. The number of nitrogens with zero attached hydrogens (tertiary/aromatic N) is 1. The van der Waals surface area contributed by atoms with E-state index in [2.05, 4.69) is 11.4 Å². The van der Waals surface area contributed by atoms with Gasteiger partial charge in [0.2, 0.25) is 0 Å². The van der Waals surface area contributed by atoms with Gasteiger partial charge >= 0.3 is 0 Å². The molecule has 4 heteroatoms. The van der Waals surface area contributed by atoms with Crippen LogP contribution >= 0.6 is 11.6 Å².